The van der Waals surface area contributed by atoms with Crippen LogP contribution in [0.2, 0.25) is 0 Å². The van der Waals surface area contributed by atoms with Crippen molar-refractivity contribution in [1.29, 1.82) is 0 Å². The number of aromatic amines is 1. The Morgan fingerprint density at radius 1 is 1.71 bits per heavy atom. The minimum Gasteiger partial charge on any atom is -0.480 e. The van der Waals surface area contributed by atoms with Crippen molar-refractivity contribution in [3.63, 3.8) is 0 Å². The van der Waals surface area contributed by atoms with Gasteiger partial charge in [-0.15, -0.1) is 0 Å². The number of hydrogen-bond acceptors (Lipinski definition) is 6. The van der Waals surface area contributed by atoms with Crippen molar-refractivity contribution >= 4 is 5.97 Å². The van der Waals surface area contributed by atoms with Crippen LogP contribution in [-0.2, 0) is 16.3 Å². The number of nitrogens with two attached hydrogens (primary N) is 1. The van der Waals surface area contributed by atoms with Gasteiger partial charge in [-0.05, 0) is 0 Å². The first kappa shape index (κ1) is 12.5. The molecule has 8 nitrogen and oxygen atoms in total. The highest BCUT2D eigenvalue weighted by Gasteiger charge is 2.11. The first-order valence-corrected chi connectivity index (χ1v) is 3.52. The highest BCUT2D eigenvalue weighted by molar-refractivity contribution is 5.73. The van der Waals surface area contributed by atoms with Crippen LogP contribution in [0.1, 0.15) is 5.69 Å². The van der Waals surface area contributed by atoms with Gasteiger partial charge in [0.2, 0.25) is 0 Å². The molecule has 0 aliphatic carbocycles. The molecule has 0 fully saturated rings. The van der Waals surface area contributed by atoms with Gasteiger partial charge in [0.15, 0.2) is 0 Å². The van der Waals surface area contributed by atoms with E-state index in [0.29, 0.717) is 0 Å². The van der Waals surface area contributed by atoms with Crippen LogP contribution >= 0.6 is 0 Å². The molecule has 6 N–H and O–H groups in total. The number of hydrogen-bond donors (Lipinski definition) is 5. The van der Waals surface area contributed by atoms with E-state index >= 15 is 0 Å². The largest absolute Gasteiger partial charge is 0.480 e. The highest BCUT2D eigenvalue weighted by atomic mass is 17.4. The van der Waals surface area contributed by atoms with E-state index in [9.17, 15) is 4.79 Å². The zero-order chi connectivity index (χ0) is 11.0. The van der Waals surface area contributed by atoms with Gasteiger partial charge in [0.25, 0.3) is 0 Å². The Labute approximate surface area is 78.8 Å². The molecule has 0 aliphatic rings. The summed E-state index contributed by atoms with van der Waals surface area (Å²) in [5.74, 6) is -1.00. The third-order valence-corrected chi connectivity index (χ3v) is 1.31. The van der Waals surface area contributed by atoms with Crippen molar-refractivity contribution < 1.29 is 25.5 Å². The third-order valence-electron chi connectivity index (χ3n) is 1.31. The van der Waals surface area contributed by atoms with Gasteiger partial charge >= 0.3 is 5.97 Å². The molecule has 1 heterocycles. The normalized spacial score (nSPS) is 11.4. The Morgan fingerprint density at radius 2 is 2.29 bits per heavy atom. The monoisotopic (exact) mass is 205 g/mol. The molecule has 0 unspecified atom stereocenters. The van der Waals surface area contributed by atoms with E-state index in [-0.39, 0.29) is 6.42 Å². The lowest BCUT2D eigenvalue weighted by Crippen LogP contribution is -2.32. The second kappa shape index (κ2) is 6.97. The predicted octanol–water partition coefficient (Wildman–Crippen LogP) is -0.687. The van der Waals surface area contributed by atoms with Crippen molar-refractivity contribution in [2.24, 2.45) is 5.73 Å². The molecule has 0 amide bonds. The topological polar surface area (TPSA) is 142 Å². The molecular weight excluding hydrogens is 194 g/mol. The van der Waals surface area contributed by atoms with Crippen molar-refractivity contribution in [2.75, 3.05) is 0 Å². The van der Waals surface area contributed by atoms with E-state index in [0.717, 1.165) is 5.69 Å². The lowest BCUT2D eigenvalue weighted by Gasteiger charge is -2.02. The fourth-order valence-electron chi connectivity index (χ4n) is 0.721. The van der Waals surface area contributed by atoms with Crippen LogP contribution in [0.25, 0.3) is 0 Å². The lowest BCUT2D eigenvalue weighted by atomic mass is 10.2. The zero-order valence-electron chi connectivity index (χ0n) is 7.12. The summed E-state index contributed by atoms with van der Waals surface area (Å²) in [6, 6.07) is -0.851. The highest BCUT2D eigenvalue weighted by Crippen LogP contribution is 1.95. The molecule has 0 radical (unpaired) electrons. The SMILES string of the molecule is N[C@@H](Cc1cnc[nH]1)C(=O)O.OOO. The number of carboxylic acids is 1. The van der Waals surface area contributed by atoms with Gasteiger partial charge in [-0.2, -0.15) is 0 Å². The minimum absolute atomic E-state index is 0.287. The molecule has 1 rings (SSSR count). The first-order chi connectivity index (χ1) is 6.61. The second-order valence-electron chi connectivity index (χ2n) is 2.31. The summed E-state index contributed by atoms with van der Waals surface area (Å²) in [5.41, 5.74) is 6.00. The number of aliphatic carboxylic acids is 1. The van der Waals surface area contributed by atoms with Gasteiger partial charge in [0.05, 0.1) is 6.33 Å². The number of nitrogens with zero attached hydrogens (tertiary/aromatic N) is 1. The van der Waals surface area contributed by atoms with Crippen molar-refractivity contribution in [2.45, 2.75) is 12.5 Å². The molecule has 1 aromatic heterocycles. The van der Waals surface area contributed by atoms with Crippen LogP contribution < -0.4 is 5.73 Å². The van der Waals surface area contributed by atoms with Crippen LogP contribution in [0, 0.1) is 0 Å². The van der Waals surface area contributed by atoms with Gasteiger partial charge in [-0.1, -0.05) is 5.04 Å². The van der Waals surface area contributed by atoms with Gasteiger partial charge in [-0.3, -0.25) is 4.79 Å². The van der Waals surface area contributed by atoms with Crippen LogP contribution in [0.4, 0.5) is 0 Å². The van der Waals surface area contributed by atoms with Gasteiger partial charge < -0.3 is 15.8 Å². The van der Waals surface area contributed by atoms with Crippen molar-refractivity contribution in [3.05, 3.63) is 18.2 Å². The van der Waals surface area contributed by atoms with E-state index in [2.05, 4.69) is 15.0 Å². The number of nitrogens with one attached hydrogen (secondary N) is 1. The Morgan fingerprint density at radius 3 is 2.64 bits per heavy atom. The molecule has 80 valence electrons. The summed E-state index contributed by atoms with van der Waals surface area (Å²) < 4.78 is 0. The molecule has 0 saturated heterocycles. The molecule has 0 saturated carbocycles. The Hall–Kier alpha value is -1.48. The number of carboxylic acid groups (broad SMARTS) is 1. The number of carbonyl (C=O) groups is 1. The fraction of sp³-hybridized carbons (Fsp3) is 0.333. The Bertz CT molecular complexity index is 250. The van der Waals surface area contributed by atoms with Crippen LogP contribution in [0.5, 0.6) is 0 Å². The average molecular weight is 205 g/mol. The van der Waals surface area contributed by atoms with Gasteiger partial charge in [-0.25, -0.2) is 15.5 Å². The lowest BCUT2D eigenvalue weighted by molar-refractivity contribution is -0.465. The third kappa shape index (κ3) is 5.22. The van der Waals surface area contributed by atoms with Crippen LogP contribution in [-0.4, -0.2) is 37.6 Å². The smallest absolute Gasteiger partial charge is 0.320 e. The van der Waals surface area contributed by atoms with E-state index < -0.39 is 12.0 Å². The summed E-state index contributed by atoms with van der Waals surface area (Å²) in [4.78, 5) is 16.8. The predicted molar refractivity (Wildman–Crippen MR) is 44.2 cm³/mol. The summed E-state index contributed by atoms with van der Waals surface area (Å²) >= 11 is 0. The molecule has 0 bridgehead atoms. The minimum atomic E-state index is -1.00. The Kier molecular flexibility index (Phi) is 6.24. The maximum Gasteiger partial charge on any atom is 0.320 e. The molecule has 1 atom stereocenters. The first-order valence-electron chi connectivity index (χ1n) is 3.52. The fourth-order valence-corrected chi connectivity index (χ4v) is 0.721. The van der Waals surface area contributed by atoms with Gasteiger partial charge in [0.1, 0.15) is 6.04 Å². The van der Waals surface area contributed by atoms with E-state index in [1.807, 2.05) is 0 Å². The number of H-pyrrole nitrogens is 1. The number of rotatable bonds is 3. The summed E-state index contributed by atoms with van der Waals surface area (Å²) in [5, 5.41) is 23.9. The molecular formula is C6H11N3O5. The average Bonchev–Trinajstić information content (AvgIpc) is 2.58. The molecule has 14 heavy (non-hydrogen) atoms. The Balaban J connectivity index is 0.000000500. The summed E-state index contributed by atoms with van der Waals surface area (Å²) in [6.45, 7) is 0. The zero-order valence-corrected chi connectivity index (χ0v) is 7.12. The maximum absolute atomic E-state index is 10.3. The van der Waals surface area contributed by atoms with Crippen LogP contribution in [0.3, 0.4) is 0 Å². The van der Waals surface area contributed by atoms with Crippen LogP contribution in [0.15, 0.2) is 12.5 Å². The summed E-state index contributed by atoms with van der Waals surface area (Å²) in [7, 11) is 0. The van der Waals surface area contributed by atoms with Crippen molar-refractivity contribution in [3.8, 4) is 0 Å². The van der Waals surface area contributed by atoms with E-state index in [4.69, 9.17) is 21.4 Å². The number of imidazole rings is 1. The molecule has 8 heteroatoms. The molecule has 0 aromatic carbocycles. The maximum atomic E-state index is 10.3. The molecule has 1 aromatic rings. The molecule has 0 aliphatic heterocycles. The van der Waals surface area contributed by atoms with Gasteiger partial charge in [0, 0.05) is 18.3 Å². The van der Waals surface area contributed by atoms with E-state index in [1.165, 1.54) is 6.33 Å². The summed E-state index contributed by atoms with van der Waals surface area (Å²) in [6.07, 6.45) is 3.34. The quantitative estimate of drug-likeness (QED) is 0.325. The standard InChI is InChI=1S/C6H9N3O2.H2O3/c7-5(6(10)11)1-4-2-8-3-9-4;1-3-2/h2-3,5H,1,7H2,(H,8,9)(H,10,11);1-2H/t5-;/m0./s1. The van der Waals surface area contributed by atoms with E-state index in [1.54, 1.807) is 6.20 Å². The second-order valence-corrected chi connectivity index (χ2v) is 2.31. The van der Waals surface area contributed by atoms with Crippen molar-refractivity contribution in [1.82, 2.24) is 9.97 Å². The molecule has 0 spiro atoms. The number of aromatic nitrogens is 2.